The van der Waals surface area contributed by atoms with Gasteiger partial charge in [0.25, 0.3) is 5.91 Å². The van der Waals surface area contributed by atoms with Crippen LogP contribution in [0, 0.1) is 19.3 Å². The zero-order valence-corrected chi connectivity index (χ0v) is 19.5. The Labute approximate surface area is 190 Å². The van der Waals surface area contributed by atoms with Crippen molar-refractivity contribution in [3.8, 4) is 11.4 Å². The Bertz CT molecular complexity index is 1330. The zero-order valence-electron chi connectivity index (χ0n) is 17.9. The fourth-order valence-electron chi connectivity index (χ4n) is 3.58. The molecule has 0 fully saturated rings. The van der Waals surface area contributed by atoms with Crippen LogP contribution in [0.1, 0.15) is 23.9 Å². The number of hydrogen-bond acceptors (Lipinski definition) is 7. The Hall–Kier alpha value is -3.18. The minimum Gasteiger partial charge on any atom is -0.494 e. The van der Waals surface area contributed by atoms with Crippen LogP contribution in [0.25, 0.3) is 11.8 Å². The molecule has 2 aliphatic rings. The lowest BCUT2D eigenvalue weighted by molar-refractivity contribution is -0.114. The normalized spacial score (nSPS) is 17.5. The second-order valence-electron chi connectivity index (χ2n) is 7.27. The van der Waals surface area contributed by atoms with E-state index in [1.54, 1.807) is 6.08 Å². The van der Waals surface area contributed by atoms with Crippen molar-refractivity contribution in [3.63, 3.8) is 0 Å². The summed E-state index contributed by atoms with van der Waals surface area (Å²) in [6.45, 7) is 6.37. The van der Waals surface area contributed by atoms with Gasteiger partial charge in [-0.25, -0.2) is 13.3 Å². The molecule has 11 heteroatoms. The smallest absolute Gasteiger partial charge is 0.283 e. The third-order valence-corrected chi connectivity index (χ3v) is 6.76. The molecule has 166 valence electrons. The number of carbonyl (C=O) groups excluding carboxylic acids is 1. The van der Waals surface area contributed by atoms with Gasteiger partial charge in [-0.3, -0.25) is 10.2 Å². The quantitative estimate of drug-likeness (QED) is 0.541. The number of ether oxygens (including phenoxy) is 1. The number of nitrogens with one attached hydrogen (secondary N) is 1. The summed E-state index contributed by atoms with van der Waals surface area (Å²) in [5.41, 5.74) is 3.46. The van der Waals surface area contributed by atoms with E-state index in [2.05, 4.69) is 9.39 Å². The first-order chi connectivity index (χ1) is 15.1. The van der Waals surface area contributed by atoms with E-state index in [9.17, 15) is 13.2 Å². The molecular formula is C21H21N5O4S2. The topological polar surface area (TPSA) is 117 Å². The van der Waals surface area contributed by atoms with Crippen LogP contribution in [0.4, 0.5) is 0 Å². The average Bonchev–Trinajstić information content (AvgIpc) is 3.27. The summed E-state index contributed by atoms with van der Waals surface area (Å²) in [4.78, 5) is 17.7. The standard InChI is InChI=1S/C21H21N5O4S2/c1-5-30-16-8-6-15(7-9-16)25-12(2)10-14(13(25)3)11-17-18(22)26-20(23-19(17)27)31-24-21(26)32(4,28)29/h6-11,22H,5H2,1-4H3/b17-11-,22-18?. The summed E-state index contributed by atoms with van der Waals surface area (Å²) in [5.74, 6) is -0.0904. The molecule has 2 aromatic rings. The predicted octanol–water partition coefficient (Wildman–Crippen LogP) is 3.11. The molecule has 1 N–H and O–H groups in total. The third-order valence-electron chi connectivity index (χ3n) is 5.00. The molecule has 0 radical (unpaired) electrons. The number of aryl methyl sites for hydroxylation is 1. The number of nitrogens with zero attached hydrogens (tertiary/aromatic N) is 4. The molecule has 1 aromatic carbocycles. The van der Waals surface area contributed by atoms with Gasteiger partial charge in [-0.2, -0.15) is 9.39 Å². The first-order valence-electron chi connectivity index (χ1n) is 9.72. The summed E-state index contributed by atoms with van der Waals surface area (Å²) in [6, 6.07) is 9.58. The van der Waals surface area contributed by atoms with E-state index < -0.39 is 15.7 Å². The van der Waals surface area contributed by atoms with E-state index in [1.165, 1.54) is 0 Å². The van der Waals surface area contributed by atoms with Gasteiger partial charge in [-0.15, -0.1) is 0 Å². The monoisotopic (exact) mass is 471 g/mol. The van der Waals surface area contributed by atoms with Gasteiger partial charge in [-0.05, 0) is 62.7 Å². The number of amides is 1. The van der Waals surface area contributed by atoms with Gasteiger partial charge in [0.1, 0.15) is 11.6 Å². The van der Waals surface area contributed by atoms with Crippen LogP contribution in [0.15, 0.2) is 45.3 Å². The summed E-state index contributed by atoms with van der Waals surface area (Å²) < 4.78 is 35.5. The highest BCUT2D eigenvalue weighted by molar-refractivity contribution is 8.16. The molecule has 2 aliphatic heterocycles. The van der Waals surface area contributed by atoms with Crippen molar-refractivity contribution in [2.75, 3.05) is 12.9 Å². The van der Waals surface area contributed by atoms with Gasteiger partial charge in [0, 0.05) is 23.3 Å². The fourth-order valence-corrected chi connectivity index (χ4v) is 5.43. The summed E-state index contributed by atoms with van der Waals surface area (Å²) in [6.07, 6.45) is 2.58. The minimum absolute atomic E-state index is 0.000422. The average molecular weight is 472 g/mol. The number of amidine groups is 3. The number of fused-ring (bicyclic) bond motifs is 1. The van der Waals surface area contributed by atoms with Crippen LogP contribution in [0.3, 0.4) is 0 Å². The Morgan fingerprint density at radius 2 is 1.91 bits per heavy atom. The maximum absolute atomic E-state index is 12.6. The lowest BCUT2D eigenvalue weighted by Crippen LogP contribution is -2.45. The summed E-state index contributed by atoms with van der Waals surface area (Å²) >= 11 is 0.770. The Morgan fingerprint density at radius 1 is 1.22 bits per heavy atom. The van der Waals surface area contributed by atoms with E-state index in [0.29, 0.717) is 6.61 Å². The molecule has 1 aromatic heterocycles. The Balaban J connectivity index is 1.73. The molecule has 0 atom stereocenters. The van der Waals surface area contributed by atoms with E-state index in [0.717, 1.165) is 51.5 Å². The van der Waals surface area contributed by atoms with E-state index in [4.69, 9.17) is 10.1 Å². The number of aliphatic imine (C=N–C) groups is 1. The first kappa shape index (κ1) is 22.0. The first-order valence-corrected chi connectivity index (χ1v) is 12.4. The van der Waals surface area contributed by atoms with Crippen molar-refractivity contribution in [2.24, 2.45) is 9.39 Å². The van der Waals surface area contributed by atoms with Gasteiger partial charge >= 0.3 is 0 Å². The maximum atomic E-state index is 12.6. The SMILES string of the molecule is CCOc1ccc(-n2c(C)cc(/C=C3/C(=N)N4C(=NC3=O)SN=C4S(C)(=O)=O)c2C)cc1. The molecule has 32 heavy (non-hydrogen) atoms. The third kappa shape index (κ3) is 3.78. The number of benzene rings is 1. The van der Waals surface area contributed by atoms with Crippen LogP contribution in [0.2, 0.25) is 0 Å². The fraction of sp³-hybridized carbons (Fsp3) is 0.238. The second-order valence-corrected chi connectivity index (χ2v) is 9.91. The number of sulfone groups is 1. The highest BCUT2D eigenvalue weighted by atomic mass is 32.2. The van der Waals surface area contributed by atoms with Gasteiger partial charge in [-0.1, -0.05) is 0 Å². The van der Waals surface area contributed by atoms with Crippen LogP contribution < -0.4 is 4.74 Å². The van der Waals surface area contributed by atoms with Crippen LogP contribution in [-0.4, -0.2) is 52.8 Å². The van der Waals surface area contributed by atoms with Crippen molar-refractivity contribution < 1.29 is 17.9 Å². The van der Waals surface area contributed by atoms with Crippen LogP contribution in [-0.2, 0) is 14.6 Å². The largest absolute Gasteiger partial charge is 0.494 e. The van der Waals surface area contributed by atoms with Crippen molar-refractivity contribution in [1.29, 1.82) is 5.41 Å². The van der Waals surface area contributed by atoms with Crippen LogP contribution in [0.5, 0.6) is 5.75 Å². The van der Waals surface area contributed by atoms with Gasteiger partial charge in [0.2, 0.25) is 20.2 Å². The lowest BCUT2D eigenvalue weighted by Gasteiger charge is -2.23. The maximum Gasteiger partial charge on any atom is 0.283 e. The van der Waals surface area contributed by atoms with E-state index >= 15 is 0 Å². The van der Waals surface area contributed by atoms with Gasteiger partial charge < -0.3 is 9.30 Å². The number of hydrogen-bond donors (Lipinski definition) is 1. The molecular weight excluding hydrogens is 450 g/mol. The zero-order chi connectivity index (χ0) is 23.2. The van der Waals surface area contributed by atoms with Crippen molar-refractivity contribution in [2.45, 2.75) is 20.8 Å². The summed E-state index contributed by atoms with van der Waals surface area (Å²) in [5, 5.41) is 8.26. The number of aromatic nitrogens is 1. The molecule has 0 saturated heterocycles. The molecule has 3 heterocycles. The molecule has 0 spiro atoms. The highest BCUT2D eigenvalue weighted by Crippen LogP contribution is 2.31. The predicted molar refractivity (Wildman–Crippen MR) is 126 cm³/mol. The van der Waals surface area contributed by atoms with Gasteiger partial charge in [0.15, 0.2) is 0 Å². The number of rotatable bonds is 4. The Kier molecular flexibility index (Phi) is 5.55. The van der Waals surface area contributed by atoms with E-state index in [1.807, 2.05) is 55.7 Å². The number of carbonyl (C=O) groups is 1. The van der Waals surface area contributed by atoms with Crippen LogP contribution >= 0.6 is 11.9 Å². The van der Waals surface area contributed by atoms with Gasteiger partial charge in [0.05, 0.1) is 24.1 Å². The highest BCUT2D eigenvalue weighted by Gasteiger charge is 2.41. The second kappa shape index (κ2) is 8.06. The van der Waals surface area contributed by atoms with Crippen molar-refractivity contribution >= 4 is 49.9 Å². The molecule has 1 amide bonds. The molecule has 4 rings (SSSR count). The molecule has 0 unspecified atom stereocenters. The molecule has 0 saturated carbocycles. The molecule has 0 bridgehead atoms. The Morgan fingerprint density at radius 3 is 2.53 bits per heavy atom. The lowest BCUT2D eigenvalue weighted by atomic mass is 10.1. The molecule has 0 aliphatic carbocycles. The van der Waals surface area contributed by atoms with Crippen molar-refractivity contribution in [3.05, 3.63) is 52.9 Å². The summed E-state index contributed by atoms with van der Waals surface area (Å²) in [7, 11) is -3.69. The van der Waals surface area contributed by atoms with E-state index in [-0.39, 0.29) is 21.7 Å². The minimum atomic E-state index is -3.69. The molecule has 9 nitrogen and oxygen atoms in total. The van der Waals surface area contributed by atoms with Crippen molar-refractivity contribution in [1.82, 2.24) is 9.47 Å².